The minimum Gasteiger partial charge on any atom is -0.334 e. The Labute approximate surface area is 112 Å². The molecular weight excluding hydrogens is 222 g/mol. The van der Waals surface area contributed by atoms with Crippen LogP contribution < -0.4 is 5.32 Å². The summed E-state index contributed by atoms with van der Waals surface area (Å²) >= 11 is 0. The predicted octanol–water partition coefficient (Wildman–Crippen LogP) is 3.77. The molecule has 3 nitrogen and oxygen atoms in total. The van der Waals surface area contributed by atoms with Gasteiger partial charge in [-0.05, 0) is 25.8 Å². The third-order valence-electron chi connectivity index (χ3n) is 3.71. The van der Waals surface area contributed by atoms with E-state index in [0.717, 1.165) is 13.1 Å². The Kier molecular flexibility index (Phi) is 7.02. The highest BCUT2D eigenvalue weighted by Crippen LogP contribution is 2.28. The van der Waals surface area contributed by atoms with Gasteiger partial charge in [-0.2, -0.15) is 0 Å². The zero-order valence-corrected chi connectivity index (χ0v) is 12.4. The minimum atomic E-state index is 0.404. The first-order valence-electron chi connectivity index (χ1n) is 7.52. The molecule has 0 saturated heterocycles. The molecule has 0 aliphatic rings. The SMILES string of the molecule is CCCCC(CC)C(NCC)c1nccn1CC. The van der Waals surface area contributed by atoms with Crippen LogP contribution in [0.1, 0.15) is 65.2 Å². The molecule has 0 aliphatic carbocycles. The first-order valence-corrected chi connectivity index (χ1v) is 7.52. The highest BCUT2D eigenvalue weighted by atomic mass is 15.1. The molecule has 1 aromatic heterocycles. The summed E-state index contributed by atoms with van der Waals surface area (Å²) in [5.74, 6) is 1.90. The molecule has 2 atom stereocenters. The molecule has 0 saturated carbocycles. The Morgan fingerprint density at radius 1 is 1.28 bits per heavy atom. The molecule has 0 fully saturated rings. The van der Waals surface area contributed by atoms with Crippen molar-refractivity contribution in [3.05, 3.63) is 18.2 Å². The van der Waals surface area contributed by atoms with Gasteiger partial charge in [0.05, 0.1) is 6.04 Å². The number of rotatable bonds is 9. The number of hydrogen-bond donors (Lipinski definition) is 1. The molecule has 0 bridgehead atoms. The second-order valence-corrected chi connectivity index (χ2v) is 4.92. The van der Waals surface area contributed by atoms with Crippen molar-refractivity contribution in [1.29, 1.82) is 0 Å². The molecule has 0 radical (unpaired) electrons. The molecule has 0 amide bonds. The van der Waals surface area contributed by atoms with E-state index in [2.05, 4.69) is 48.8 Å². The van der Waals surface area contributed by atoms with Gasteiger partial charge in [0.2, 0.25) is 0 Å². The van der Waals surface area contributed by atoms with Crippen LogP contribution in [0.25, 0.3) is 0 Å². The van der Waals surface area contributed by atoms with Crippen molar-refractivity contribution < 1.29 is 0 Å². The topological polar surface area (TPSA) is 29.9 Å². The van der Waals surface area contributed by atoms with Crippen LogP contribution in [0.2, 0.25) is 0 Å². The van der Waals surface area contributed by atoms with Crippen LogP contribution in [0.4, 0.5) is 0 Å². The predicted molar refractivity (Wildman–Crippen MR) is 77.6 cm³/mol. The number of unbranched alkanes of at least 4 members (excludes halogenated alkanes) is 1. The molecule has 0 spiro atoms. The lowest BCUT2D eigenvalue weighted by atomic mass is 9.90. The largest absolute Gasteiger partial charge is 0.334 e. The maximum absolute atomic E-state index is 4.58. The van der Waals surface area contributed by atoms with Crippen molar-refractivity contribution >= 4 is 0 Å². The first-order chi connectivity index (χ1) is 8.78. The van der Waals surface area contributed by atoms with Gasteiger partial charge in [0.25, 0.3) is 0 Å². The summed E-state index contributed by atoms with van der Waals surface area (Å²) in [7, 11) is 0. The summed E-state index contributed by atoms with van der Waals surface area (Å²) < 4.78 is 2.27. The van der Waals surface area contributed by atoms with E-state index in [1.807, 2.05) is 6.20 Å². The van der Waals surface area contributed by atoms with Gasteiger partial charge in [0.15, 0.2) is 0 Å². The standard InChI is InChI=1S/C15H29N3/c1-5-9-10-13(6-2)14(16-7-3)15-17-11-12-18(15)8-4/h11-14,16H,5-10H2,1-4H3. The van der Waals surface area contributed by atoms with Gasteiger partial charge in [0.1, 0.15) is 5.82 Å². The summed E-state index contributed by atoms with van der Waals surface area (Å²) in [5.41, 5.74) is 0. The number of imidazole rings is 1. The molecular formula is C15H29N3. The zero-order chi connectivity index (χ0) is 13.4. The molecule has 1 rings (SSSR count). The lowest BCUT2D eigenvalue weighted by molar-refractivity contribution is 0.309. The Hall–Kier alpha value is -0.830. The van der Waals surface area contributed by atoms with Crippen LogP contribution in [0.3, 0.4) is 0 Å². The molecule has 1 heterocycles. The van der Waals surface area contributed by atoms with Gasteiger partial charge in [-0.25, -0.2) is 4.98 Å². The second kappa shape index (κ2) is 8.30. The highest BCUT2D eigenvalue weighted by molar-refractivity contribution is 5.01. The fourth-order valence-electron chi connectivity index (χ4n) is 2.63. The van der Waals surface area contributed by atoms with Crippen molar-refractivity contribution in [3.63, 3.8) is 0 Å². The quantitative estimate of drug-likeness (QED) is 0.724. The normalized spacial score (nSPS) is 14.7. The number of nitrogens with zero attached hydrogens (tertiary/aromatic N) is 2. The van der Waals surface area contributed by atoms with E-state index in [1.54, 1.807) is 0 Å². The summed E-state index contributed by atoms with van der Waals surface area (Å²) in [6, 6.07) is 0.404. The maximum Gasteiger partial charge on any atom is 0.126 e. The van der Waals surface area contributed by atoms with Crippen molar-refractivity contribution in [2.45, 2.75) is 66.0 Å². The van der Waals surface area contributed by atoms with Crippen LogP contribution in [0.15, 0.2) is 12.4 Å². The molecule has 18 heavy (non-hydrogen) atoms. The van der Waals surface area contributed by atoms with E-state index in [4.69, 9.17) is 0 Å². The molecule has 104 valence electrons. The monoisotopic (exact) mass is 251 g/mol. The Bertz CT molecular complexity index is 319. The number of aromatic nitrogens is 2. The summed E-state index contributed by atoms with van der Waals surface area (Å²) in [6.07, 6.45) is 9.11. The Balaban J connectivity index is 2.85. The van der Waals surface area contributed by atoms with Crippen molar-refractivity contribution in [3.8, 4) is 0 Å². The third-order valence-corrected chi connectivity index (χ3v) is 3.71. The molecule has 0 aromatic carbocycles. The smallest absolute Gasteiger partial charge is 0.126 e. The number of hydrogen-bond acceptors (Lipinski definition) is 2. The Morgan fingerprint density at radius 2 is 2.06 bits per heavy atom. The molecule has 0 aliphatic heterocycles. The van der Waals surface area contributed by atoms with Crippen molar-refractivity contribution in [2.75, 3.05) is 6.54 Å². The lowest BCUT2D eigenvalue weighted by Gasteiger charge is -2.27. The van der Waals surface area contributed by atoms with Crippen LogP contribution in [0, 0.1) is 5.92 Å². The van der Waals surface area contributed by atoms with Crippen LogP contribution in [0.5, 0.6) is 0 Å². The van der Waals surface area contributed by atoms with E-state index in [1.165, 1.54) is 31.5 Å². The fourth-order valence-corrected chi connectivity index (χ4v) is 2.63. The zero-order valence-electron chi connectivity index (χ0n) is 12.4. The average Bonchev–Trinajstić information content (AvgIpc) is 2.86. The van der Waals surface area contributed by atoms with E-state index in [-0.39, 0.29) is 0 Å². The number of nitrogens with one attached hydrogen (secondary N) is 1. The van der Waals surface area contributed by atoms with Gasteiger partial charge in [-0.15, -0.1) is 0 Å². The molecule has 2 unspecified atom stereocenters. The molecule has 3 heteroatoms. The lowest BCUT2D eigenvalue weighted by Crippen LogP contribution is -2.30. The van der Waals surface area contributed by atoms with E-state index in [0.29, 0.717) is 12.0 Å². The van der Waals surface area contributed by atoms with Crippen molar-refractivity contribution in [1.82, 2.24) is 14.9 Å². The van der Waals surface area contributed by atoms with Gasteiger partial charge in [-0.3, -0.25) is 0 Å². The molecule has 1 aromatic rings. The van der Waals surface area contributed by atoms with Gasteiger partial charge in [-0.1, -0.05) is 40.0 Å². The molecule has 1 N–H and O–H groups in total. The average molecular weight is 251 g/mol. The van der Waals surface area contributed by atoms with Crippen LogP contribution in [-0.4, -0.2) is 16.1 Å². The summed E-state index contributed by atoms with van der Waals surface area (Å²) in [5, 5.41) is 3.64. The summed E-state index contributed by atoms with van der Waals surface area (Å²) in [4.78, 5) is 4.58. The van der Waals surface area contributed by atoms with Crippen LogP contribution >= 0.6 is 0 Å². The maximum atomic E-state index is 4.58. The Morgan fingerprint density at radius 3 is 2.61 bits per heavy atom. The minimum absolute atomic E-state index is 0.404. The van der Waals surface area contributed by atoms with Gasteiger partial charge < -0.3 is 9.88 Å². The van der Waals surface area contributed by atoms with Gasteiger partial charge in [0, 0.05) is 18.9 Å². The summed E-state index contributed by atoms with van der Waals surface area (Å²) in [6.45, 7) is 10.9. The van der Waals surface area contributed by atoms with Gasteiger partial charge >= 0.3 is 0 Å². The van der Waals surface area contributed by atoms with E-state index >= 15 is 0 Å². The van der Waals surface area contributed by atoms with E-state index in [9.17, 15) is 0 Å². The second-order valence-electron chi connectivity index (χ2n) is 4.92. The number of aryl methyl sites for hydroxylation is 1. The fraction of sp³-hybridized carbons (Fsp3) is 0.800. The highest BCUT2D eigenvalue weighted by Gasteiger charge is 2.24. The first kappa shape index (κ1) is 15.2. The van der Waals surface area contributed by atoms with E-state index < -0.39 is 0 Å². The van der Waals surface area contributed by atoms with Crippen LogP contribution in [-0.2, 0) is 6.54 Å². The third kappa shape index (κ3) is 3.84. The van der Waals surface area contributed by atoms with Crippen molar-refractivity contribution in [2.24, 2.45) is 5.92 Å².